The average molecular weight is 439 g/mol. The van der Waals surface area contributed by atoms with Crippen LogP contribution in [0.3, 0.4) is 0 Å². The summed E-state index contributed by atoms with van der Waals surface area (Å²) in [6.45, 7) is 4.35. The molecule has 1 amide bonds. The van der Waals surface area contributed by atoms with Gasteiger partial charge in [-0.05, 0) is 56.2 Å². The second-order valence-electron chi connectivity index (χ2n) is 8.42. The molecule has 0 unspecified atom stereocenters. The van der Waals surface area contributed by atoms with E-state index in [1.54, 1.807) is 11.3 Å². The van der Waals surface area contributed by atoms with Gasteiger partial charge in [-0.25, -0.2) is 4.98 Å². The zero-order chi connectivity index (χ0) is 20.9. The molecule has 4 rings (SSSR count). The molecule has 5 heteroatoms. The first-order chi connectivity index (χ1) is 14.6. The zero-order valence-corrected chi connectivity index (χ0v) is 19.5. The Labute approximate surface area is 187 Å². The van der Waals surface area contributed by atoms with E-state index in [9.17, 15) is 4.79 Å². The summed E-state index contributed by atoms with van der Waals surface area (Å²) in [7, 11) is 0. The maximum absolute atomic E-state index is 12.7. The Bertz CT molecular complexity index is 965. The molecule has 0 spiro atoms. The highest BCUT2D eigenvalue weighted by atomic mass is 32.1. The van der Waals surface area contributed by atoms with Gasteiger partial charge in [-0.2, -0.15) is 0 Å². The van der Waals surface area contributed by atoms with E-state index in [0.717, 1.165) is 29.3 Å². The molecule has 0 bridgehead atoms. The van der Waals surface area contributed by atoms with Crippen molar-refractivity contribution in [1.82, 2.24) is 4.98 Å². The molecule has 2 heterocycles. The molecule has 1 aliphatic rings. The molecule has 1 N–H and O–H groups in total. The average Bonchev–Trinajstić information content (AvgIpc) is 3.43. The Kier molecular flexibility index (Phi) is 7.00. The van der Waals surface area contributed by atoms with Crippen molar-refractivity contribution >= 4 is 33.7 Å². The standard InChI is InChI=1S/C25H30N2OS2/c1-3-4-5-18-8-12-20(13-9-18)24(28)27-25-26-21(16-29-25)23-15-14-22(30-23)19-10-6-17(2)7-11-19/h6-7,10-11,14-16,18,20H,3-5,8-9,12-13H2,1-2H3,(H,26,27,28). The first-order valence-electron chi connectivity index (χ1n) is 11.1. The van der Waals surface area contributed by atoms with Gasteiger partial charge in [-0.15, -0.1) is 22.7 Å². The number of thiazole rings is 1. The van der Waals surface area contributed by atoms with E-state index in [1.807, 2.05) is 5.38 Å². The van der Waals surface area contributed by atoms with Crippen molar-refractivity contribution in [2.24, 2.45) is 11.8 Å². The van der Waals surface area contributed by atoms with Crippen molar-refractivity contribution in [3.05, 3.63) is 47.3 Å². The molecule has 0 radical (unpaired) electrons. The fraction of sp³-hybridized carbons (Fsp3) is 0.440. The second kappa shape index (κ2) is 9.88. The van der Waals surface area contributed by atoms with Crippen LogP contribution in [0.15, 0.2) is 41.8 Å². The highest BCUT2D eigenvalue weighted by Crippen LogP contribution is 2.36. The lowest BCUT2D eigenvalue weighted by Gasteiger charge is -2.27. The van der Waals surface area contributed by atoms with Crippen LogP contribution in [0, 0.1) is 18.8 Å². The lowest BCUT2D eigenvalue weighted by atomic mass is 9.79. The molecule has 2 aromatic heterocycles. The van der Waals surface area contributed by atoms with Crippen molar-refractivity contribution in [2.45, 2.75) is 58.8 Å². The number of carbonyl (C=O) groups is 1. The molecule has 3 aromatic rings. The van der Waals surface area contributed by atoms with E-state index >= 15 is 0 Å². The van der Waals surface area contributed by atoms with E-state index in [4.69, 9.17) is 0 Å². The van der Waals surface area contributed by atoms with E-state index in [2.05, 4.69) is 60.5 Å². The second-order valence-corrected chi connectivity index (χ2v) is 10.4. The first-order valence-corrected chi connectivity index (χ1v) is 12.8. The van der Waals surface area contributed by atoms with Crippen LogP contribution >= 0.6 is 22.7 Å². The summed E-state index contributed by atoms with van der Waals surface area (Å²) >= 11 is 3.26. The Morgan fingerprint density at radius 2 is 1.80 bits per heavy atom. The van der Waals surface area contributed by atoms with Crippen LogP contribution in [0.2, 0.25) is 0 Å². The fourth-order valence-electron chi connectivity index (χ4n) is 4.21. The van der Waals surface area contributed by atoms with Crippen LogP contribution in [0.5, 0.6) is 0 Å². The SMILES string of the molecule is CCCCC1CCC(C(=O)Nc2nc(-c3ccc(-c4ccc(C)cc4)s3)cs2)CC1. The van der Waals surface area contributed by atoms with Gasteiger partial charge < -0.3 is 5.32 Å². The molecule has 0 aliphatic heterocycles. The monoisotopic (exact) mass is 438 g/mol. The maximum atomic E-state index is 12.7. The molecule has 0 atom stereocenters. The minimum Gasteiger partial charge on any atom is -0.302 e. The van der Waals surface area contributed by atoms with Gasteiger partial charge in [0.05, 0.1) is 10.6 Å². The molecular formula is C25H30N2OS2. The number of nitrogens with zero attached hydrogens (tertiary/aromatic N) is 1. The first kappa shape index (κ1) is 21.3. The van der Waals surface area contributed by atoms with Gasteiger partial charge in [0.1, 0.15) is 0 Å². The van der Waals surface area contributed by atoms with E-state index in [-0.39, 0.29) is 11.8 Å². The van der Waals surface area contributed by atoms with Crippen molar-refractivity contribution < 1.29 is 4.79 Å². The van der Waals surface area contributed by atoms with Gasteiger partial charge in [0.15, 0.2) is 5.13 Å². The van der Waals surface area contributed by atoms with Crippen molar-refractivity contribution in [2.75, 3.05) is 5.32 Å². The van der Waals surface area contributed by atoms with Crippen LogP contribution < -0.4 is 5.32 Å². The van der Waals surface area contributed by atoms with Gasteiger partial charge >= 0.3 is 0 Å². The maximum Gasteiger partial charge on any atom is 0.229 e. The normalized spacial score (nSPS) is 19.0. The van der Waals surface area contributed by atoms with Gasteiger partial charge in [-0.3, -0.25) is 4.79 Å². The zero-order valence-electron chi connectivity index (χ0n) is 17.8. The number of unbranched alkanes of at least 4 members (excludes halogenated alkanes) is 1. The number of aryl methyl sites for hydroxylation is 1. The molecular weight excluding hydrogens is 408 g/mol. The number of thiophene rings is 1. The molecule has 1 saturated carbocycles. The van der Waals surface area contributed by atoms with Crippen molar-refractivity contribution in [3.63, 3.8) is 0 Å². The summed E-state index contributed by atoms with van der Waals surface area (Å²) < 4.78 is 0. The van der Waals surface area contributed by atoms with Gasteiger partial charge in [0, 0.05) is 16.2 Å². The highest BCUT2D eigenvalue weighted by Gasteiger charge is 2.26. The molecule has 0 saturated heterocycles. The summed E-state index contributed by atoms with van der Waals surface area (Å²) in [6.07, 6.45) is 8.33. The largest absolute Gasteiger partial charge is 0.302 e. The quantitative estimate of drug-likeness (QED) is 0.409. The van der Waals surface area contributed by atoms with E-state index in [1.165, 1.54) is 59.4 Å². The Hall–Kier alpha value is -1.98. The van der Waals surface area contributed by atoms with Crippen LogP contribution in [0.4, 0.5) is 5.13 Å². The summed E-state index contributed by atoms with van der Waals surface area (Å²) in [4.78, 5) is 19.8. The molecule has 30 heavy (non-hydrogen) atoms. The number of nitrogens with one attached hydrogen (secondary N) is 1. The third-order valence-corrected chi connectivity index (χ3v) is 8.03. The number of hydrogen-bond donors (Lipinski definition) is 1. The number of anilines is 1. The summed E-state index contributed by atoms with van der Waals surface area (Å²) in [5.74, 6) is 1.11. The lowest BCUT2D eigenvalue weighted by Crippen LogP contribution is -2.27. The minimum atomic E-state index is 0.144. The van der Waals surface area contributed by atoms with Crippen LogP contribution in [-0.2, 0) is 4.79 Å². The molecule has 3 nitrogen and oxygen atoms in total. The predicted molar refractivity (Wildman–Crippen MR) is 129 cm³/mol. The van der Waals surface area contributed by atoms with Crippen LogP contribution in [-0.4, -0.2) is 10.9 Å². The summed E-state index contributed by atoms with van der Waals surface area (Å²) in [6, 6.07) is 12.9. The number of rotatable bonds is 7. The van der Waals surface area contributed by atoms with Crippen molar-refractivity contribution in [1.29, 1.82) is 0 Å². The van der Waals surface area contributed by atoms with E-state index < -0.39 is 0 Å². The molecule has 1 aliphatic carbocycles. The summed E-state index contributed by atoms with van der Waals surface area (Å²) in [5, 5.41) is 5.84. The Balaban J connectivity index is 1.34. The topological polar surface area (TPSA) is 42.0 Å². The molecule has 1 aromatic carbocycles. The number of aromatic nitrogens is 1. The third-order valence-electron chi connectivity index (χ3n) is 6.11. The lowest BCUT2D eigenvalue weighted by molar-refractivity contribution is -0.121. The minimum absolute atomic E-state index is 0.144. The number of hydrogen-bond acceptors (Lipinski definition) is 4. The number of amides is 1. The van der Waals surface area contributed by atoms with Gasteiger partial charge in [0.25, 0.3) is 0 Å². The van der Waals surface area contributed by atoms with E-state index in [0.29, 0.717) is 5.13 Å². The van der Waals surface area contributed by atoms with Crippen LogP contribution in [0.25, 0.3) is 21.0 Å². The van der Waals surface area contributed by atoms with Crippen molar-refractivity contribution in [3.8, 4) is 21.0 Å². The Morgan fingerprint density at radius 1 is 1.07 bits per heavy atom. The summed E-state index contributed by atoms with van der Waals surface area (Å²) in [5.41, 5.74) is 3.45. The Morgan fingerprint density at radius 3 is 2.53 bits per heavy atom. The van der Waals surface area contributed by atoms with Gasteiger partial charge in [-0.1, -0.05) is 56.0 Å². The third kappa shape index (κ3) is 5.19. The molecule has 1 fully saturated rings. The number of benzene rings is 1. The van der Waals surface area contributed by atoms with Gasteiger partial charge in [0.2, 0.25) is 5.91 Å². The highest BCUT2D eigenvalue weighted by molar-refractivity contribution is 7.19. The van der Waals surface area contributed by atoms with Crippen LogP contribution in [0.1, 0.15) is 57.4 Å². The smallest absolute Gasteiger partial charge is 0.229 e. The molecule has 158 valence electrons. The predicted octanol–water partition coefficient (Wildman–Crippen LogP) is 7.78. The fourth-order valence-corrected chi connectivity index (χ4v) is 5.97. The number of carbonyl (C=O) groups excluding carboxylic acids is 1.